The van der Waals surface area contributed by atoms with Crippen LogP contribution in [-0.2, 0) is 6.42 Å². The van der Waals surface area contributed by atoms with Crippen LogP contribution in [0.2, 0.25) is 0 Å². The van der Waals surface area contributed by atoms with Gasteiger partial charge in [0.25, 0.3) is 0 Å². The highest BCUT2D eigenvalue weighted by molar-refractivity contribution is 5.30. The lowest BCUT2D eigenvalue weighted by Gasteiger charge is -2.35. The van der Waals surface area contributed by atoms with Crippen LogP contribution in [0.4, 0.5) is 0 Å². The van der Waals surface area contributed by atoms with E-state index in [4.69, 9.17) is 5.11 Å². The number of hydrogen-bond donors (Lipinski definition) is 1. The third-order valence-electron chi connectivity index (χ3n) is 3.98. The van der Waals surface area contributed by atoms with E-state index in [0.717, 1.165) is 19.4 Å². The van der Waals surface area contributed by atoms with Gasteiger partial charge in [-0.1, -0.05) is 23.8 Å². The largest absolute Gasteiger partial charge is 0.396 e. The molecule has 0 radical (unpaired) electrons. The molecule has 0 saturated carbocycles. The number of hydrogen-bond acceptors (Lipinski definition) is 2. The second-order valence-corrected chi connectivity index (χ2v) is 5.89. The van der Waals surface area contributed by atoms with E-state index in [1.807, 2.05) is 0 Å². The van der Waals surface area contributed by atoms with Gasteiger partial charge < -0.3 is 10.0 Å². The van der Waals surface area contributed by atoms with Crippen LogP contribution in [-0.4, -0.2) is 35.7 Å². The molecule has 0 spiro atoms. The van der Waals surface area contributed by atoms with E-state index in [2.05, 4.69) is 57.8 Å². The Morgan fingerprint density at radius 2 is 1.89 bits per heavy atom. The molecule has 0 amide bonds. The molecular weight excluding hydrogens is 222 g/mol. The summed E-state index contributed by atoms with van der Waals surface area (Å²) in [5.41, 5.74) is 4.19. The molecule has 0 atom stereocenters. The first kappa shape index (κ1) is 15.2. The summed E-state index contributed by atoms with van der Waals surface area (Å²) in [5, 5.41) is 9.09. The van der Waals surface area contributed by atoms with Crippen LogP contribution in [0.15, 0.2) is 18.2 Å². The zero-order valence-corrected chi connectivity index (χ0v) is 12.5. The molecule has 1 aromatic carbocycles. The van der Waals surface area contributed by atoms with Crippen LogP contribution >= 0.6 is 0 Å². The number of benzene rings is 1. The Labute approximate surface area is 112 Å². The van der Waals surface area contributed by atoms with Gasteiger partial charge in [0.1, 0.15) is 0 Å². The van der Waals surface area contributed by atoms with Crippen LogP contribution in [0.25, 0.3) is 0 Å². The third-order valence-corrected chi connectivity index (χ3v) is 3.98. The molecule has 1 aromatic rings. The minimum atomic E-state index is 0.0620. The van der Waals surface area contributed by atoms with Crippen molar-refractivity contribution in [1.82, 2.24) is 4.90 Å². The summed E-state index contributed by atoms with van der Waals surface area (Å²) in [6, 6.07) is 6.64. The molecule has 18 heavy (non-hydrogen) atoms. The predicted molar refractivity (Wildman–Crippen MR) is 78.0 cm³/mol. The smallest absolute Gasteiger partial charge is 0.0448 e. The Morgan fingerprint density at radius 1 is 1.22 bits per heavy atom. The minimum Gasteiger partial charge on any atom is -0.396 e. The summed E-state index contributed by atoms with van der Waals surface area (Å²) >= 11 is 0. The molecule has 2 heteroatoms. The molecule has 0 fully saturated rings. The molecule has 0 heterocycles. The highest BCUT2D eigenvalue weighted by Gasteiger charge is 2.22. The van der Waals surface area contributed by atoms with Crippen LogP contribution in [0.1, 0.15) is 37.0 Å². The van der Waals surface area contributed by atoms with Crippen molar-refractivity contribution in [3.8, 4) is 0 Å². The maximum Gasteiger partial charge on any atom is 0.0448 e. The molecule has 1 N–H and O–H groups in total. The van der Waals surface area contributed by atoms with E-state index in [1.165, 1.54) is 16.7 Å². The summed E-state index contributed by atoms with van der Waals surface area (Å²) in [5.74, 6) is 0. The molecule has 102 valence electrons. The molecule has 1 rings (SSSR count). The highest BCUT2D eigenvalue weighted by Crippen LogP contribution is 2.18. The SMILES string of the molecule is Cc1ccc(C)c(CCN(C)C(C)(C)CCO)c1. The van der Waals surface area contributed by atoms with Gasteiger partial charge in [-0.25, -0.2) is 0 Å². The summed E-state index contributed by atoms with van der Waals surface area (Å²) in [4.78, 5) is 2.34. The fraction of sp³-hybridized carbons (Fsp3) is 0.625. The Bertz CT molecular complexity index is 385. The standard InChI is InChI=1S/C16H27NO/c1-13-6-7-14(2)15(12-13)8-10-17(5)16(3,4)9-11-18/h6-7,12,18H,8-11H2,1-5H3. The first-order valence-electron chi connectivity index (χ1n) is 6.75. The maximum atomic E-state index is 9.09. The molecule has 0 bridgehead atoms. The zero-order valence-electron chi connectivity index (χ0n) is 12.5. The van der Waals surface area contributed by atoms with Crippen LogP contribution in [0.3, 0.4) is 0 Å². The number of aliphatic hydroxyl groups is 1. The molecule has 0 aliphatic carbocycles. The van der Waals surface area contributed by atoms with E-state index < -0.39 is 0 Å². The average molecular weight is 249 g/mol. The maximum absolute atomic E-state index is 9.09. The molecule has 0 saturated heterocycles. The first-order valence-corrected chi connectivity index (χ1v) is 6.75. The Balaban J connectivity index is 2.62. The molecule has 0 unspecified atom stereocenters. The number of aliphatic hydroxyl groups excluding tert-OH is 1. The lowest BCUT2D eigenvalue weighted by molar-refractivity contribution is 0.117. The second kappa shape index (κ2) is 6.35. The fourth-order valence-corrected chi connectivity index (χ4v) is 2.12. The van der Waals surface area contributed by atoms with Crippen molar-refractivity contribution in [3.05, 3.63) is 34.9 Å². The average Bonchev–Trinajstić information content (AvgIpc) is 2.29. The summed E-state index contributed by atoms with van der Waals surface area (Å²) in [6.45, 7) is 9.97. The number of likely N-dealkylation sites (N-methyl/N-ethyl adjacent to an activating group) is 1. The minimum absolute atomic E-state index is 0.0620. The Hall–Kier alpha value is -0.860. The molecular formula is C16H27NO. The fourth-order valence-electron chi connectivity index (χ4n) is 2.12. The van der Waals surface area contributed by atoms with Gasteiger partial charge in [-0.15, -0.1) is 0 Å². The van der Waals surface area contributed by atoms with Crippen molar-refractivity contribution in [2.24, 2.45) is 0 Å². The lowest BCUT2D eigenvalue weighted by atomic mass is 9.97. The van der Waals surface area contributed by atoms with Gasteiger partial charge >= 0.3 is 0 Å². The molecule has 0 aliphatic heterocycles. The molecule has 0 aromatic heterocycles. The first-order chi connectivity index (χ1) is 8.36. The van der Waals surface area contributed by atoms with Gasteiger partial charge in [0.15, 0.2) is 0 Å². The van der Waals surface area contributed by atoms with Gasteiger partial charge in [0.2, 0.25) is 0 Å². The Morgan fingerprint density at radius 3 is 2.50 bits per heavy atom. The third kappa shape index (κ3) is 4.11. The predicted octanol–water partition coefficient (Wildman–Crippen LogP) is 2.94. The van der Waals surface area contributed by atoms with Crippen LogP contribution < -0.4 is 0 Å². The summed E-state index contributed by atoms with van der Waals surface area (Å²) in [6.07, 6.45) is 1.88. The topological polar surface area (TPSA) is 23.5 Å². The normalized spacial score (nSPS) is 12.2. The van der Waals surface area contributed by atoms with E-state index in [-0.39, 0.29) is 12.1 Å². The van der Waals surface area contributed by atoms with Crippen molar-refractivity contribution >= 4 is 0 Å². The Kier molecular flexibility index (Phi) is 5.36. The lowest BCUT2D eigenvalue weighted by Crippen LogP contribution is -2.42. The van der Waals surface area contributed by atoms with Crippen molar-refractivity contribution in [2.45, 2.75) is 46.1 Å². The number of rotatable bonds is 6. The van der Waals surface area contributed by atoms with E-state index >= 15 is 0 Å². The van der Waals surface area contributed by atoms with E-state index in [9.17, 15) is 0 Å². The summed E-state index contributed by atoms with van der Waals surface area (Å²) < 4.78 is 0. The van der Waals surface area contributed by atoms with Gasteiger partial charge in [-0.3, -0.25) is 0 Å². The zero-order chi connectivity index (χ0) is 13.8. The molecule has 2 nitrogen and oxygen atoms in total. The quantitative estimate of drug-likeness (QED) is 0.838. The molecule has 0 aliphatic rings. The van der Waals surface area contributed by atoms with Crippen LogP contribution in [0, 0.1) is 13.8 Å². The van der Waals surface area contributed by atoms with Gasteiger partial charge in [0.05, 0.1) is 0 Å². The van der Waals surface area contributed by atoms with E-state index in [0.29, 0.717) is 0 Å². The number of aryl methyl sites for hydroxylation is 2. The van der Waals surface area contributed by atoms with Crippen molar-refractivity contribution in [2.75, 3.05) is 20.2 Å². The van der Waals surface area contributed by atoms with Crippen molar-refractivity contribution in [3.63, 3.8) is 0 Å². The monoisotopic (exact) mass is 249 g/mol. The van der Waals surface area contributed by atoms with Gasteiger partial charge in [-0.2, -0.15) is 0 Å². The van der Waals surface area contributed by atoms with Crippen LogP contribution in [0.5, 0.6) is 0 Å². The van der Waals surface area contributed by atoms with Crippen molar-refractivity contribution in [1.29, 1.82) is 0 Å². The summed E-state index contributed by atoms with van der Waals surface area (Å²) in [7, 11) is 2.14. The van der Waals surface area contributed by atoms with Crippen molar-refractivity contribution < 1.29 is 5.11 Å². The second-order valence-electron chi connectivity index (χ2n) is 5.89. The number of nitrogens with zero attached hydrogens (tertiary/aromatic N) is 1. The van der Waals surface area contributed by atoms with Gasteiger partial charge in [0, 0.05) is 18.7 Å². The van der Waals surface area contributed by atoms with E-state index in [1.54, 1.807) is 0 Å². The highest BCUT2D eigenvalue weighted by atomic mass is 16.3. The van der Waals surface area contributed by atoms with Gasteiger partial charge in [-0.05, 0) is 58.7 Å².